The molecule has 19 atom stereocenters. The summed E-state index contributed by atoms with van der Waals surface area (Å²) in [6.07, 6.45) is 2.40. The monoisotopic (exact) mass is 1210 g/mol. The summed E-state index contributed by atoms with van der Waals surface area (Å²) in [5.41, 5.74) is 10.9. The fourth-order valence-electron chi connectivity index (χ4n) is 14.2. The Morgan fingerprint density at radius 1 is 0.953 bits per heavy atom. The second-order valence-corrected chi connectivity index (χ2v) is 26.5. The summed E-state index contributed by atoms with van der Waals surface area (Å²) >= 11 is 1.90. The number of aliphatic hydroxyl groups excluding tert-OH is 1. The molecule has 7 rings (SSSR count). The van der Waals surface area contributed by atoms with Crippen molar-refractivity contribution in [2.75, 3.05) is 65.4 Å². The van der Waals surface area contributed by atoms with Crippen LogP contribution in [0.1, 0.15) is 138 Å². The van der Waals surface area contributed by atoms with E-state index in [1.807, 2.05) is 91.4 Å². The number of hydrogen-bond donors (Lipinski definition) is 4. The normalized spacial score (nSPS) is 35.6. The molecule has 476 valence electrons. The number of carbonyl (C=O) groups excluding carboxylic acids is 3. The predicted octanol–water partition coefficient (Wildman–Crippen LogP) is 7.73. The van der Waals surface area contributed by atoms with Gasteiger partial charge in [0.25, 0.3) is 0 Å². The number of thioether (sulfide) groups is 1. The summed E-state index contributed by atoms with van der Waals surface area (Å²) in [5, 5.41) is 24.1. The number of rotatable bonds is 20. The van der Waals surface area contributed by atoms with Crippen LogP contribution in [-0.2, 0) is 53.9 Å². The van der Waals surface area contributed by atoms with Gasteiger partial charge in [-0.15, -0.1) is 5.10 Å². The first-order valence-electron chi connectivity index (χ1n) is 30.5. The molecule has 0 saturated carbocycles. The van der Waals surface area contributed by atoms with Crippen LogP contribution in [0.15, 0.2) is 42.9 Å². The Kier molecular flexibility index (Phi) is 23.8. The van der Waals surface area contributed by atoms with Gasteiger partial charge in [-0.1, -0.05) is 64.1 Å². The highest BCUT2D eigenvalue weighted by molar-refractivity contribution is 7.99. The summed E-state index contributed by atoms with van der Waals surface area (Å²) in [6.45, 7) is 19.0. The largest absolute Gasteiger partial charge is 0.458 e. The molecule has 0 radical (unpaired) electrons. The molecule has 0 aliphatic carbocycles. The second-order valence-electron chi connectivity index (χ2n) is 25.2. The number of anilines is 1. The fraction of sp³-hybridized carbons (Fsp3) is 0.758. The number of benzene rings is 1. The molecule has 21 nitrogen and oxygen atoms in total. The molecule has 23 heteroatoms. The molecule has 1 unspecified atom stereocenters. The number of cyclic esters (lactones) is 1. The van der Waals surface area contributed by atoms with Gasteiger partial charge >= 0.3 is 12.1 Å². The van der Waals surface area contributed by atoms with Gasteiger partial charge in [-0.05, 0) is 102 Å². The summed E-state index contributed by atoms with van der Waals surface area (Å²) in [6, 6.07) is 6.96. The van der Waals surface area contributed by atoms with Crippen LogP contribution in [0.3, 0.4) is 0 Å². The third kappa shape index (κ3) is 15.9. The van der Waals surface area contributed by atoms with Crippen LogP contribution in [0.2, 0.25) is 0 Å². The van der Waals surface area contributed by atoms with Crippen LogP contribution in [-0.4, -0.2) is 184 Å². The van der Waals surface area contributed by atoms with Gasteiger partial charge in [0.15, 0.2) is 11.9 Å². The number of ether oxygens (including phenoxy) is 8. The Balaban J connectivity index is 1.17. The van der Waals surface area contributed by atoms with Crippen LogP contribution >= 0.6 is 11.8 Å². The summed E-state index contributed by atoms with van der Waals surface area (Å²) < 4.78 is 68.9. The quantitative estimate of drug-likeness (QED) is 0.0788. The number of ketones is 1. The van der Waals surface area contributed by atoms with E-state index >= 15 is 14.0 Å². The number of hydrogen-bond acceptors (Lipinski definition) is 20. The van der Waals surface area contributed by atoms with Crippen molar-refractivity contribution in [2.45, 2.75) is 205 Å². The molecule has 4 fully saturated rings. The standard InChI is InChI=1S/C62H98FN9O12S/c1-15-50-62(10,84-59(65)76)47(33-66-44-21-24-85-25-22-44)37(4)53(73)35(2)28-61(9,79-14)56(38(5)52(39(6)57(75)82-50)49-29-60(8,78-13)55(74)40(7)81-49)83-51-27-46(26-36(3)80-51)71(11)23-20-45-34-72(70-69-45)48(30-63)54(77-12)42-18-16-41(17-19-42)43-31-67-58(64)68-32-43/h16-19,31-32,34-40,44,46-52,54-56,66,74H,15,20-30,33H2,1-14H3,(H2,65,76)(H2,64,67,68)/t35-,36-,37-,38+,39-,40+,46+,47-,48-,49-,50-,51+,52?,54-,55+,56-,60-,61-,62+/m1/s1. The van der Waals surface area contributed by atoms with E-state index in [-0.39, 0.29) is 49.2 Å². The second kappa shape index (κ2) is 29.7. The molecule has 6 heterocycles. The summed E-state index contributed by atoms with van der Waals surface area (Å²) in [7, 11) is 6.79. The molecule has 4 saturated heterocycles. The third-order valence-corrected chi connectivity index (χ3v) is 20.5. The van der Waals surface area contributed by atoms with Crippen LogP contribution < -0.4 is 16.8 Å². The van der Waals surface area contributed by atoms with Crippen molar-refractivity contribution >= 4 is 35.6 Å². The lowest BCUT2D eigenvalue weighted by Gasteiger charge is -2.52. The van der Waals surface area contributed by atoms with Gasteiger partial charge in [-0.25, -0.2) is 23.8 Å². The molecule has 3 aromatic rings. The minimum absolute atomic E-state index is 0.0241. The number of nitrogens with two attached hydrogens (primary N) is 2. The van der Waals surface area contributed by atoms with Gasteiger partial charge in [0, 0.05) is 114 Å². The van der Waals surface area contributed by atoms with Crippen molar-refractivity contribution in [3.05, 3.63) is 54.1 Å². The van der Waals surface area contributed by atoms with Crippen LogP contribution in [0, 0.1) is 35.5 Å². The Labute approximate surface area is 506 Å². The Hall–Kier alpha value is -4.43. The maximum absolute atomic E-state index is 15.3. The summed E-state index contributed by atoms with van der Waals surface area (Å²) in [5.74, 6) is -2.61. The molecular formula is C62H98FN9O12S. The number of alkyl halides is 1. The number of methoxy groups -OCH3 is 3. The van der Waals surface area contributed by atoms with Crippen molar-refractivity contribution in [1.82, 2.24) is 35.2 Å². The first-order valence-corrected chi connectivity index (χ1v) is 31.6. The number of likely N-dealkylation sites (N-methyl/N-ethyl adjacent to an activating group) is 1. The lowest BCUT2D eigenvalue weighted by Crippen LogP contribution is -2.62. The SMILES string of the molecule is CC[C@H]1OC(=O)[C@H](C)C([C@H]2C[C@@](C)(OC)[C@@H](O)[C@H](C)O2)[C@H](C)[C@@H](O[C@H]2C[C@@H](N(C)CCc3cn([C@H](CF)[C@H](OC)c4ccc(-c5cnc(N)nc5)cc4)nn3)C[C@@H](C)O2)[C@](C)(OC)C[C@@H](C)C(=O)[C@H](C)[C@@H](CNC2CCSCC2)[C@]1(C)OC(N)=O. The molecular weight excluding hydrogens is 1110 g/mol. The molecule has 4 aliphatic rings. The number of esters is 1. The number of nitrogen functional groups attached to an aromatic ring is 1. The van der Waals surface area contributed by atoms with Crippen molar-refractivity contribution in [3.8, 4) is 11.1 Å². The van der Waals surface area contributed by atoms with Crippen LogP contribution in [0.25, 0.3) is 11.1 Å². The number of aliphatic hydroxyl groups is 1. The minimum atomic E-state index is -1.54. The lowest BCUT2D eigenvalue weighted by molar-refractivity contribution is -0.278. The number of aromatic nitrogens is 5. The zero-order chi connectivity index (χ0) is 62.1. The van der Waals surface area contributed by atoms with E-state index in [0.29, 0.717) is 38.0 Å². The average molecular weight is 1210 g/mol. The number of halogens is 1. The molecule has 85 heavy (non-hydrogen) atoms. The van der Waals surface area contributed by atoms with E-state index in [0.717, 1.165) is 41.0 Å². The number of primary amides is 1. The molecule has 1 aromatic carbocycles. The molecule has 0 spiro atoms. The zero-order valence-electron chi connectivity index (χ0n) is 52.6. The average Bonchev–Trinajstić information content (AvgIpc) is 1.54. The van der Waals surface area contributed by atoms with Crippen molar-refractivity contribution in [1.29, 1.82) is 0 Å². The zero-order valence-corrected chi connectivity index (χ0v) is 53.4. The van der Waals surface area contributed by atoms with Crippen LogP contribution in [0.4, 0.5) is 15.1 Å². The number of nitrogens with zero attached hydrogens (tertiary/aromatic N) is 6. The highest BCUT2D eigenvalue weighted by Gasteiger charge is 2.57. The van der Waals surface area contributed by atoms with Gasteiger partial charge in [0.05, 0.1) is 47.2 Å². The molecule has 2 aromatic heterocycles. The van der Waals surface area contributed by atoms with Crippen molar-refractivity contribution in [2.24, 2.45) is 41.2 Å². The Morgan fingerprint density at radius 3 is 2.24 bits per heavy atom. The lowest BCUT2D eigenvalue weighted by atomic mass is 9.67. The number of carbonyl (C=O) groups is 3. The molecule has 0 bridgehead atoms. The third-order valence-electron chi connectivity index (χ3n) is 19.5. The van der Waals surface area contributed by atoms with Gasteiger partial charge in [0.1, 0.15) is 36.8 Å². The first kappa shape index (κ1) is 68.1. The smallest absolute Gasteiger partial charge is 0.405 e. The number of amides is 1. The van der Waals surface area contributed by atoms with E-state index in [4.69, 9.17) is 49.4 Å². The minimum Gasteiger partial charge on any atom is -0.458 e. The van der Waals surface area contributed by atoms with Gasteiger partial charge in [-0.2, -0.15) is 11.8 Å². The molecule has 1 amide bonds. The fourth-order valence-corrected chi connectivity index (χ4v) is 15.3. The van der Waals surface area contributed by atoms with Crippen LogP contribution in [0.5, 0.6) is 0 Å². The van der Waals surface area contributed by atoms with Crippen molar-refractivity contribution < 1.29 is 61.8 Å². The number of Topliss-reactive ketones (excluding diaryl/α,β-unsaturated/α-hetero) is 1. The highest BCUT2D eigenvalue weighted by Crippen LogP contribution is 2.47. The predicted molar refractivity (Wildman–Crippen MR) is 322 cm³/mol. The van der Waals surface area contributed by atoms with Gasteiger partial charge < -0.3 is 64.7 Å². The summed E-state index contributed by atoms with van der Waals surface area (Å²) in [4.78, 5) is 54.2. The Bertz CT molecular complexity index is 2620. The molecule has 6 N–H and O–H groups in total. The topological polar surface area (TPSA) is 269 Å². The number of nitrogens with one attached hydrogen (secondary N) is 1. The first-order chi connectivity index (χ1) is 40.3. The van der Waals surface area contributed by atoms with E-state index in [1.54, 1.807) is 53.8 Å². The van der Waals surface area contributed by atoms with E-state index in [1.165, 1.54) is 4.68 Å². The Morgan fingerprint density at radius 2 is 1.62 bits per heavy atom. The van der Waals surface area contributed by atoms with Crippen molar-refractivity contribution in [3.63, 3.8) is 0 Å². The van der Waals surface area contributed by atoms with E-state index in [2.05, 4.69) is 37.5 Å². The highest BCUT2D eigenvalue weighted by atomic mass is 32.2. The molecule has 4 aliphatic heterocycles. The maximum atomic E-state index is 15.3. The van der Waals surface area contributed by atoms with E-state index in [9.17, 15) is 9.90 Å². The maximum Gasteiger partial charge on any atom is 0.405 e. The van der Waals surface area contributed by atoms with E-state index < -0.39 is 120 Å². The van der Waals surface area contributed by atoms with Gasteiger partial charge in [-0.3, -0.25) is 9.59 Å². The van der Waals surface area contributed by atoms with Gasteiger partial charge in [0.2, 0.25) is 5.95 Å².